The van der Waals surface area contributed by atoms with Crippen molar-refractivity contribution in [1.82, 2.24) is 30.1 Å². The van der Waals surface area contributed by atoms with Gasteiger partial charge in [-0.1, -0.05) is 49.7 Å². The van der Waals surface area contributed by atoms with E-state index in [9.17, 15) is 4.79 Å². The molecule has 0 aliphatic heterocycles. The molecule has 0 unspecified atom stereocenters. The molecule has 0 radical (unpaired) electrons. The van der Waals surface area contributed by atoms with Crippen LogP contribution >= 0.6 is 0 Å². The van der Waals surface area contributed by atoms with Gasteiger partial charge in [0.05, 0.1) is 17.1 Å². The van der Waals surface area contributed by atoms with Gasteiger partial charge in [0.2, 0.25) is 0 Å². The van der Waals surface area contributed by atoms with Gasteiger partial charge in [0.15, 0.2) is 5.82 Å². The quantitative estimate of drug-likeness (QED) is 0.299. The number of hydrogen-bond acceptors (Lipinski definition) is 5. The summed E-state index contributed by atoms with van der Waals surface area (Å²) in [6.45, 7) is 16.2. The van der Waals surface area contributed by atoms with Crippen LogP contribution in [-0.2, 0) is 18.5 Å². The topological polar surface area (TPSA) is 79.7 Å². The predicted molar refractivity (Wildman–Crippen MR) is 150 cm³/mol. The fourth-order valence-corrected chi connectivity index (χ4v) is 5.15. The Bertz CT molecular complexity index is 1430. The number of aromatic nitrogens is 5. The van der Waals surface area contributed by atoms with Gasteiger partial charge in [0.25, 0.3) is 5.56 Å². The van der Waals surface area contributed by atoms with Crippen molar-refractivity contribution in [2.45, 2.75) is 85.9 Å². The van der Waals surface area contributed by atoms with Crippen molar-refractivity contribution in [3.05, 3.63) is 86.5 Å². The molecule has 2 aromatic heterocycles. The molecule has 4 aromatic rings. The number of nitrogens with one attached hydrogen (secondary N) is 1. The Morgan fingerprint density at radius 1 is 1.03 bits per heavy atom. The van der Waals surface area contributed by atoms with Crippen molar-refractivity contribution in [2.75, 3.05) is 6.54 Å². The third-order valence-corrected chi connectivity index (χ3v) is 7.73. The van der Waals surface area contributed by atoms with E-state index >= 15 is 0 Å². The van der Waals surface area contributed by atoms with E-state index in [1.165, 1.54) is 16.7 Å². The normalized spacial score (nSPS) is 13.0. The van der Waals surface area contributed by atoms with Crippen molar-refractivity contribution in [1.29, 1.82) is 0 Å². The van der Waals surface area contributed by atoms with Crippen LogP contribution in [-0.4, -0.2) is 36.6 Å². The molecule has 0 saturated heterocycles. The van der Waals surface area contributed by atoms with Gasteiger partial charge in [-0.2, -0.15) is 0 Å². The number of aromatic amines is 1. The summed E-state index contributed by atoms with van der Waals surface area (Å²) in [5.74, 6) is 0.850. The molecular formula is C30H40N6O. The van der Waals surface area contributed by atoms with Crippen molar-refractivity contribution in [2.24, 2.45) is 0 Å². The van der Waals surface area contributed by atoms with E-state index in [2.05, 4.69) is 109 Å². The number of H-pyrrole nitrogens is 1. The van der Waals surface area contributed by atoms with E-state index in [0.717, 1.165) is 53.7 Å². The molecule has 37 heavy (non-hydrogen) atoms. The van der Waals surface area contributed by atoms with Crippen LogP contribution in [0.2, 0.25) is 0 Å². The summed E-state index contributed by atoms with van der Waals surface area (Å²) in [4.78, 5) is 18.8. The second-order valence-corrected chi connectivity index (χ2v) is 10.9. The summed E-state index contributed by atoms with van der Waals surface area (Å²) >= 11 is 0. The summed E-state index contributed by atoms with van der Waals surface area (Å²) in [7, 11) is 0. The summed E-state index contributed by atoms with van der Waals surface area (Å²) in [5.41, 5.74) is 6.29. The number of aryl methyl sites for hydroxylation is 3. The van der Waals surface area contributed by atoms with Crippen LogP contribution in [0, 0.1) is 20.8 Å². The molecule has 0 bridgehead atoms. The predicted octanol–water partition coefficient (Wildman–Crippen LogP) is 5.78. The van der Waals surface area contributed by atoms with Crippen LogP contribution < -0.4 is 5.56 Å². The third kappa shape index (κ3) is 5.67. The number of nitrogens with zero attached hydrogens (tertiary/aromatic N) is 5. The lowest BCUT2D eigenvalue weighted by molar-refractivity contribution is 0.160. The SMILES string of the molecule is CC[C@@H](c1nnnn1C(C)(C)CC)N(CCc1ccccc1C)Cc1cc2cc(C)cc(C)c2[nH]c1=O. The molecule has 7 heteroatoms. The van der Waals surface area contributed by atoms with Gasteiger partial charge >= 0.3 is 0 Å². The Balaban J connectivity index is 1.76. The lowest BCUT2D eigenvalue weighted by atomic mass is 10.0. The number of pyridine rings is 1. The number of benzene rings is 2. The van der Waals surface area contributed by atoms with E-state index in [1.54, 1.807) is 0 Å². The number of fused-ring (bicyclic) bond motifs is 1. The molecule has 4 rings (SSSR count). The van der Waals surface area contributed by atoms with E-state index in [1.807, 2.05) is 11.6 Å². The molecule has 1 atom stereocenters. The van der Waals surface area contributed by atoms with E-state index in [-0.39, 0.29) is 17.1 Å². The van der Waals surface area contributed by atoms with Crippen molar-refractivity contribution >= 4 is 10.9 Å². The molecule has 196 valence electrons. The summed E-state index contributed by atoms with van der Waals surface area (Å²) in [6, 6.07) is 14.8. The molecule has 1 N–H and O–H groups in total. The first kappa shape index (κ1) is 26.7. The first-order valence-corrected chi connectivity index (χ1v) is 13.3. The lowest BCUT2D eigenvalue weighted by Gasteiger charge is -2.33. The molecule has 0 fully saturated rings. The first-order valence-electron chi connectivity index (χ1n) is 13.3. The zero-order chi connectivity index (χ0) is 26.7. The highest BCUT2D eigenvalue weighted by Gasteiger charge is 2.31. The van der Waals surface area contributed by atoms with E-state index < -0.39 is 0 Å². The van der Waals surface area contributed by atoms with Crippen molar-refractivity contribution in [3.63, 3.8) is 0 Å². The van der Waals surface area contributed by atoms with E-state index in [4.69, 9.17) is 0 Å². The Morgan fingerprint density at radius 3 is 2.49 bits per heavy atom. The molecule has 0 aliphatic rings. The number of tetrazole rings is 1. The second-order valence-electron chi connectivity index (χ2n) is 10.9. The minimum atomic E-state index is -0.205. The minimum Gasteiger partial charge on any atom is -0.321 e. The Labute approximate surface area is 219 Å². The van der Waals surface area contributed by atoms with Gasteiger partial charge in [-0.05, 0) is 98.5 Å². The lowest BCUT2D eigenvalue weighted by Crippen LogP contribution is -2.37. The minimum absolute atomic E-state index is 0.0285. The van der Waals surface area contributed by atoms with Gasteiger partial charge in [0.1, 0.15) is 0 Å². The molecular weight excluding hydrogens is 460 g/mol. The van der Waals surface area contributed by atoms with Crippen LogP contribution in [0.1, 0.15) is 80.2 Å². The molecule has 2 aromatic carbocycles. The summed E-state index contributed by atoms with van der Waals surface area (Å²) in [6.07, 6.45) is 2.62. The molecule has 2 heterocycles. The standard InChI is InChI=1S/C30H40N6O/c1-8-26(28-32-33-34-36(28)30(6,7)9-2)35(15-14-23-13-11-10-12-21(23)4)19-25-18-24-17-20(3)16-22(5)27(24)31-29(25)37/h10-13,16-18,26H,8-9,14-15,19H2,1-7H3,(H,31,37)/t26-/m0/s1. The maximum atomic E-state index is 13.3. The highest BCUT2D eigenvalue weighted by atomic mass is 16.1. The highest BCUT2D eigenvalue weighted by molar-refractivity contribution is 5.82. The maximum absolute atomic E-state index is 13.3. The smallest absolute Gasteiger partial charge is 0.252 e. The zero-order valence-electron chi connectivity index (χ0n) is 23.3. The monoisotopic (exact) mass is 500 g/mol. The fourth-order valence-electron chi connectivity index (χ4n) is 5.15. The molecule has 0 amide bonds. The average Bonchev–Trinajstić information content (AvgIpc) is 3.35. The van der Waals surface area contributed by atoms with Crippen LogP contribution in [0.25, 0.3) is 10.9 Å². The number of rotatable bonds is 10. The van der Waals surface area contributed by atoms with Crippen LogP contribution in [0.15, 0.2) is 47.3 Å². The largest absolute Gasteiger partial charge is 0.321 e. The molecule has 7 nitrogen and oxygen atoms in total. The Hall–Kier alpha value is -3.32. The van der Waals surface area contributed by atoms with Crippen LogP contribution in [0.4, 0.5) is 0 Å². The first-order chi connectivity index (χ1) is 17.6. The zero-order valence-corrected chi connectivity index (χ0v) is 23.3. The van der Waals surface area contributed by atoms with Gasteiger partial charge in [0, 0.05) is 18.7 Å². The van der Waals surface area contributed by atoms with Gasteiger partial charge in [-0.15, -0.1) is 5.10 Å². The summed E-state index contributed by atoms with van der Waals surface area (Å²) in [5, 5.41) is 14.0. The van der Waals surface area contributed by atoms with Crippen LogP contribution in [0.3, 0.4) is 0 Å². The van der Waals surface area contributed by atoms with Crippen molar-refractivity contribution < 1.29 is 0 Å². The maximum Gasteiger partial charge on any atom is 0.252 e. The Kier molecular flexibility index (Phi) is 7.93. The average molecular weight is 501 g/mol. The third-order valence-electron chi connectivity index (χ3n) is 7.73. The second kappa shape index (κ2) is 11.0. The van der Waals surface area contributed by atoms with Gasteiger partial charge in [-0.25, -0.2) is 4.68 Å². The van der Waals surface area contributed by atoms with Crippen molar-refractivity contribution in [3.8, 4) is 0 Å². The van der Waals surface area contributed by atoms with Gasteiger partial charge < -0.3 is 4.98 Å². The van der Waals surface area contributed by atoms with Crippen LogP contribution in [0.5, 0.6) is 0 Å². The van der Waals surface area contributed by atoms with Gasteiger partial charge in [-0.3, -0.25) is 9.69 Å². The molecule has 0 saturated carbocycles. The van der Waals surface area contributed by atoms with E-state index in [0.29, 0.717) is 6.54 Å². The summed E-state index contributed by atoms with van der Waals surface area (Å²) < 4.78 is 1.97. The Morgan fingerprint density at radius 2 is 1.78 bits per heavy atom. The molecule has 0 spiro atoms. The number of hydrogen-bond donors (Lipinski definition) is 1. The highest BCUT2D eigenvalue weighted by Crippen LogP contribution is 2.29. The fraction of sp³-hybridized carbons (Fsp3) is 0.467. The molecule has 0 aliphatic carbocycles.